The van der Waals surface area contributed by atoms with Crippen LogP contribution in [-0.2, 0) is 4.79 Å². The van der Waals surface area contributed by atoms with E-state index in [1.807, 2.05) is 0 Å². The number of carboxylic acid groups (broad SMARTS) is 1. The lowest BCUT2D eigenvalue weighted by atomic mass is 10.1. The van der Waals surface area contributed by atoms with Crippen molar-refractivity contribution < 1.29 is 19.1 Å². The molecule has 0 atom stereocenters. The number of rotatable bonds is 4. The first kappa shape index (κ1) is 14.4. The molecule has 6 heteroatoms. The molecule has 1 heterocycles. The van der Waals surface area contributed by atoms with Gasteiger partial charge < -0.3 is 10.4 Å². The molecule has 0 aliphatic rings. The second kappa shape index (κ2) is 6.42. The number of carboxylic acids is 1. The van der Waals surface area contributed by atoms with Crippen molar-refractivity contribution >= 4 is 23.6 Å². The van der Waals surface area contributed by atoms with Gasteiger partial charge in [0.15, 0.2) is 0 Å². The van der Waals surface area contributed by atoms with E-state index in [-0.39, 0.29) is 5.69 Å². The molecule has 0 bridgehead atoms. The van der Waals surface area contributed by atoms with E-state index in [2.05, 4.69) is 10.3 Å². The molecule has 1 amide bonds. The van der Waals surface area contributed by atoms with Gasteiger partial charge in [0, 0.05) is 23.5 Å². The molecule has 0 unspecified atom stereocenters. The van der Waals surface area contributed by atoms with E-state index in [9.17, 15) is 14.0 Å². The van der Waals surface area contributed by atoms with Gasteiger partial charge in [-0.1, -0.05) is 12.1 Å². The number of hydrogen-bond acceptors (Lipinski definition) is 3. The van der Waals surface area contributed by atoms with E-state index < -0.39 is 17.7 Å². The average molecular weight is 286 g/mol. The maximum atomic E-state index is 13.1. The van der Waals surface area contributed by atoms with E-state index in [4.69, 9.17) is 5.11 Å². The zero-order valence-corrected chi connectivity index (χ0v) is 10.8. The van der Waals surface area contributed by atoms with Crippen LogP contribution in [0.3, 0.4) is 0 Å². The Hall–Kier alpha value is -3.02. The van der Waals surface area contributed by atoms with Crippen LogP contribution >= 0.6 is 0 Å². The van der Waals surface area contributed by atoms with E-state index >= 15 is 0 Å². The number of carbonyl (C=O) groups excluding carboxylic acids is 1. The Morgan fingerprint density at radius 2 is 2.05 bits per heavy atom. The fraction of sp³-hybridized carbons (Fsp3) is 0. The second-order valence-corrected chi connectivity index (χ2v) is 4.08. The number of pyridine rings is 1. The number of aromatic nitrogens is 1. The highest BCUT2D eigenvalue weighted by atomic mass is 19.1. The zero-order valence-electron chi connectivity index (χ0n) is 10.8. The molecule has 2 rings (SSSR count). The Labute approximate surface area is 119 Å². The first-order chi connectivity index (χ1) is 10.1. The number of carbonyl (C=O) groups is 2. The molecule has 0 radical (unpaired) electrons. The number of nitrogens with one attached hydrogen (secondary N) is 1. The maximum Gasteiger partial charge on any atom is 0.328 e. The van der Waals surface area contributed by atoms with Gasteiger partial charge in [0.25, 0.3) is 5.91 Å². The zero-order chi connectivity index (χ0) is 15.2. The van der Waals surface area contributed by atoms with E-state index in [1.54, 1.807) is 12.1 Å². The van der Waals surface area contributed by atoms with Crippen LogP contribution in [0.25, 0.3) is 6.08 Å². The van der Waals surface area contributed by atoms with Crippen LogP contribution in [-0.4, -0.2) is 22.0 Å². The lowest BCUT2D eigenvalue weighted by Crippen LogP contribution is -2.15. The summed E-state index contributed by atoms with van der Waals surface area (Å²) in [4.78, 5) is 26.6. The van der Waals surface area contributed by atoms with Gasteiger partial charge in [-0.05, 0) is 30.3 Å². The monoisotopic (exact) mass is 286 g/mol. The van der Waals surface area contributed by atoms with Gasteiger partial charge in [-0.15, -0.1) is 0 Å². The summed E-state index contributed by atoms with van der Waals surface area (Å²) in [5, 5.41) is 11.1. The summed E-state index contributed by atoms with van der Waals surface area (Å²) >= 11 is 0. The Bertz CT molecular complexity index is 714. The topological polar surface area (TPSA) is 79.3 Å². The first-order valence-electron chi connectivity index (χ1n) is 5.99. The van der Waals surface area contributed by atoms with Gasteiger partial charge in [-0.2, -0.15) is 0 Å². The summed E-state index contributed by atoms with van der Waals surface area (Å²) in [6, 6.07) is 8.59. The van der Waals surface area contributed by atoms with Crippen molar-refractivity contribution in [1.82, 2.24) is 4.98 Å². The van der Waals surface area contributed by atoms with Gasteiger partial charge in [-0.25, -0.2) is 9.18 Å². The molecular weight excluding hydrogens is 275 g/mol. The van der Waals surface area contributed by atoms with Crippen LogP contribution in [0.1, 0.15) is 16.1 Å². The molecule has 0 aliphatic carbocycles. The predicted molar refractivity (Wildman–Crippen MR) is 75.3 cm³/mol. The van der Waals surface area contributed by atoms with Crippen LogP contribution < -0.4 is 5.32 Å². The third-order valence-electron chi connectivity index (χ3n) is 2.54. The first-order valence-corrected chi connectivity index (χ1v) is 5.99. The normalized spacial score (nSPS) is 10.5. The van der Waals surface area contributed by atoms with Crippen molar-refractivity contribution in [3.05, 3.63) is 65.7 Å². The van der Waals surface area contributed by atoms with Crippen LogP contribution in [0.5, 0.6) is 0 Å². The number of hydrogen-bond donors (Lipinski definition) is 2. The van der Waals surface area contributed by atoms with Gasteiger partial charge in [0.2, 0.25) is 0 Å². The number of amides is 1. The number of aliphatic carboxylic acids is 1. The fourth-order valence-electron chi connectivity index (χ4n) is 1.66. The molecule has 106 valence electrons. The average Bonchev–Trinajstić information content (AvgIpc) is 2.45. The Morgan fingerprint density at radius 3 is 2.76 bits per heavy atom. The molecular formula is C15H11FN2O3. The summed E-state index contributed by atoms with van der Waals surface area (Å²) in [5.74, 6) is -2.15. The predicted octanol–water partition coefficient (Wildman–Crippen LogP) is 2.57. The number of nitrogens with zero attached hydrogens (tertiary/aromatic N) is 1. The molecule has 0 aliphatic heterocycles. The lowest BCUT2D eigenvalue weighted by molar-refractivity contribution is -0.131. The summed E-state index contributed by atoms with van der Waals surface area (Å²) in [5.41, 5.74) is 0.701. The van der Waals surface area contributed by atoms with Crippen molar-refractivity contribution in [3.63, 3.8) is 0 Å². The molecule has 1 aromatic carbocycles. The largest absolute Gasteiger partial charge is 0.478 e. The standard InChI is InChI=1S/C15H11FN2O3/c16-11-4-1-5-12(9-11)18-15(21)14-10(3-2-8-17-14)6-7-13(19)20/h1-9H,(H,18,21)(H,19,20)/b7-6+. The highest BCUT2D eigenvalue weighted by molar-refractivity contribution is 6.05. The van der Waals surface area contributed by atoms with Crippen molar-refractivity contribution in [2.45, 2.75) is 0 Å². The van der Waals surface area contributed by atoms with Crippen molar-refractivity contribution in [2.24, 2.45) is 0 Å². The minimum absolute atomic E-state index is 0.0549. The van der Waals surface area contributed by atoms with E-state index in [0.717, 1.165) is 6.08 Å². The minimum Gasteiger partial charge on any atom is -0.478 e. The lowest BCUT2D eigenvalue weighted by Gasteiger charge is -2.06. The highest BCUT2D eigenvalue weighted by Gasteiger charge is 2.11. The van der Waals surface area contributed by atoms with Gasteiger partial charge in [0.1, 0.15) is 11.5 Å². The molecule has 0 fully saturated rings. The molecule has 1 aromatic heterocycles. The van der Waals surface area contributed by atoms with Crippen molar-refractivity contribution in [2.75, 3.05) is 5.32 Å². The van der Waals surface area contributed by atoms with Crippen LogP contribution in [0.2, 0.25) is 0 Å². The van der Waals surface area contributed by atoms with Crippen LogP contribution in [0.4, 0.5) is 10.1 Å². The summed E-state index contributed by atoms with van der Waals surface area (Å²) in [6.07, 6.45) is 3.60. The summed E-state index contributed by atoms with van der Waals surface area (Å²) in [6.45, 7) is 0. The Morgan fingerprint density at radius 1 is 1.24 bits per heavy atom. The third kappa shape index (κ3) is 3.97. The van der Waals surface area contributed by atoms with Gasteiger partial charge in [-0.3, -0.25) is 9.78 Å². The summed E-state index contributed by atoms with van der Waals surface area (Å²) in [7, 11) is 0. The SMILES string of the molecule is O=C(O)/C=C/c1cccnc1C(=O)Nc1cccc(F)c1. The van der Waals surface area contributed by atoms with E-state index in [1.165, 1.54) is 36.5 Å². The molecule has 0 saturated carbocycles. The van der Waals surface area contributed by atoms with Crippen molar-refractivity contribution in [1.29, 1.82) is 0 Å². The quantitative estimate of drug-likeness (QED) is 0.847. The van der Waals surface area contributed by atoms with Crippen molar-refractivity contribution in [3.8, 4) is 0 Å². The minimum atomic E-state index is -1.13. The third-order valence-corrected chi connectivity index (χ3v) is 2.54. The molecule has 0 saturated heterocycles. The Balaban J connectivity index is 2.25. The molecule has 21 heavy (non-hydrogen) atoms. The molecule has 5 nitrogen and oxygen atoms in total. The van der Waals surface area contributed by atoms with Crippen LogP contribution in [0, 0.1) is 5.82 Å². The smallest absolute Gasteiger partial charge is 0.328 e. The maximum absolute atomic E-state index is 13.1. The fourth-order valence-corrected chi connectivity index (χ4v) is 1.66. The van der Waals surface area contributed by atoms with Gasteiger partial charge in [0.05, 0.1) is 0 Å². The number of halogens is 1. The number of benzene rings is 1. The summed E-state index contributed by atoms with van der Waals surface area (Å²) < 4.78 is 13.1. The van der Waals surface area contributed by atoms with Gasteiger partial charge >= 0.3 is 5.97 Å². The Kier molecular flexibility index (Phi) is 4.40. The molecule has 2 N–H and O–H groups in total. The van der Waals surface area contributed by atoms with Crippen LogP contribution in [0.15, 0.2) is 48.7 Å². The highest BCUT2D eigenvalue weighted by Crippen LogP contribution is 2.13. The van der Waals surface area contributed by atoms with E-state index in [0.29, 0.717) is 11.3 Å². The number of anilines is 1. The molecule has 0 spiro atoms. The second-order valence-electron chi connectivity index (χ2n) is 4.08. The molecule has 2 aromatic rings.